The quantitative estimate of drug-likeness (QED) is 0.141. The number of ketones is 1. The topological polar surface area (TPSA) is 75.4 Å². The third kappa shape index (κ3) is 13.9. The van der Waals surface area contributed by atoms with E-state index < -0.39 is 24.6 Å². The number of aromatic nitrogens is 2. The average molecular weight is 690 g/mol. The number of aliphatic hydroxyl groups is 1. The Balaban J connectivity index is 0.000000380. The van der Waals surface area contributed by atoms with Gasteiger partial charge in [-0.3, -0.25) is 14.0 Å². The number of benzene rings is 1. The molecule has 0 saturated heterocycles. The van der Waals surface area contributed by atoms with Gasteiger partial charge in [0.1, 0.15) is 0 Å². The van der Waals surface area contributed by atoms with Gasteiger partial charge in [-0.15, -0.1) is 0 Å². The van der Waals surface area contributed by atoms with Crippen LogP contribution in [0.5, 0.6) is 0 Å². The number of unbranched alkanes of at least 4 members (excludes halogenated alkanes) is 1. The Morgan fingerprint density at radius 3 is 2.20 bits per heavy atom. The number of amides is 1. The van der Waals surface area contributed by atoms with E-state index in [1.165, 1.54) is 0 Å². The molecule has 3 rings (SSSR count). The summed E-state index contributed by atoms with van der Waals surface area (Å²) in [5.41, 5.74) is 4.50. The minimum absolute atomic E-state index is 0.00599. The van der Waals surface area contributed by atoms with Crippen LogP contribution in [-0.4, -0.2) is 56.7 Å². The Labute approximate surface area is 293 Å². The van der Waals surface area contributed by atoms with Crippen LogP contribution in [0, 0.1) is 31.6 Å². The standard InChI is InChI=1S/C16H22FNO2.C14H20N2O.C10H20F2/c1-10-5-12-8-18(9-13(7-17)16(3,4)20)15(19)14(12)6-11(10)2;1-6-7-8-16-13(10(2)3)12(9-15-16)14(17)11(4)5;1-3-5-7-9(6-4-2)8-10(11)12/h5-6,13,20H,7-9H2,1-4H3;6-11H,1H2,2-5H3;9-10H,3-8H2,1-2H3/b;8-7-;. The van der Waals surface area contributed by atoms with Crippen LogP contribution in [0.4, 0.5) is 13.2 Å². The highest BCUT2D eigenvalue weighted by molar-refractivity contribution is 5.99. The first kappa shape index (κ1) is 43.8. The van der Waals surface area contributed by atoms with Crippen molar-refractivity contribution in [1.29, 1.82) is 0 Å². The van der Waals surface area contributed by atoms with E-state index in [2.05, 4.69) is 39.4 Å². The molecule has 0 bridgehead atoms. The molecule has 276 valence electrons. The van der Waals surface area contributed by atoms with Crippen LogP contribution in [0.1, 0.15) is 143 Å². The first-order valence-corrected chi connectivity index (χ1v) is 17.8. The van der Waals surface area contributed by atoms with Crippen molar-refractivity contribution in [2.45, 2.75) is 132 Å². The summed E-state index contributed by atoms with van der Waals surface area (Å²) in [4.78, 5) is 26.1. The molecule has 6 nitrogen and oxygen atoms in total. The molecule has 49 heavy (non-hydrogen) atoms. The van der Waals surface area contributed by atoms with Crippen LogP contribution in [0.25, 0.3) is 6.20 Å². The maximum Gasteiger partial charge on any atom is 0.254 e. The van der Waals surface area contributed by atoms with E-state index in [9.17, 15) is 27.9 Å². The number of fused-ring (bicyclic) bond motifs is 1. The summed E-state index contributed by atoms with van der Waals surface area (Å²) < 4.78 is 38.9. The normalized spacial score (nSPS) is 14.1. The molecular formula is C40H62F3N3O3. The lowest BCUT2D eigenvalue weighted by Crippen LogP contribution is -2.41. The number of hydrogen-bond acceptors (Lipinski definition) is 4. The number of alkyl halides is 3. The molecule has 2 aromatic rings. The van der Waals surface area contributed by atoms with Crippen LogP contribution < -0.4 is 0 Å². The van der Waals surface area contributed by atoms with Crippen molar-refractivity contribution in [3.05, 3.63) is 70.6 Å². The average Bonchev–Trinajstić information content (AvgIpc) is 3.58. The Kier molecular flexibility index (Phi) is 18.9. The van der Waals surface area contributed by atoms with Crippen molar-refractivity contribution in [3.63, 3.8) is 0 Å². The molecule has 9 heteroatoms. The molecule has 2 unspecified atom stereocenters. The molecule has 1 N–H and O–H groups in total. The summed E-state index contributed by atoms with van der Waals surface area (Å²) in [6.45, 7) is 23.0. The summed E-state index contributed by atoms with van der Waals surface area (Å²) in [6, 6.07) is 3.93. The third-order valence-corrected chi connectivity index (χ3v) is 8.93. The van der Waals surface area contributed by atoms with Gasteiger partial charge in [0, 0.05) is 43.1 Å². The van der Waals surface area contributed by atoms with Gasteiger partial charge in [0.15, 0.2) is 5.78 Å². The van der Waals surface area contributed by atoms with Gasteiger partial charge in [-0.1, -0.05) is 92.4 Å². The largest absolute Gasteiger partial charge is 0.390 e. The Morgan fingerprint density at radius 2 is 1.71 bits per heavy atom. The Bertz CT molecular complexity index is 1360. The second kappa shape index (κ2) is 21.1. The predicted molar refractivity (Wildman–Crippen MR) is 196 cm³/mol. The minimum Gasteiger partial charge on any atom is -0.390 e. The number of nitrogens with zero attached hydrogens (tertiary/aromatic N) is 3. The number of carbonyl (C=O) groups is 2. The molecule has 0 aliphatic carbocycles. The van der Waals surface area contributed by atoms with E-state index in [1.54, 1.807) is 35.7 Å². The number of halogens is 3. The molecule has 1 aromatic carbocycles. The molecule has 1 aliphatic rings. The number of hydrogen-bond donors (Lipinski definition) is 1. The van der Waals surface area contributed by atoms with Crippen LogP contribution in [-0.2, 0) is 6.54 Å². The van der Waals surface area contributed by atoms with Gasteiger partial charge in [-0.2, -0.15) is 5.10 Å². The lowest BCUT2D eigenvalue weighted by Gasteiger charge is -2.30. The van der Waals surface area contributed by atoms with Gasteiger partial charge in [-0.05, 0) is 68.4 Å². The van der Waals surface area contributed by atoms with Gasteiger partial charge >= 0.3 is 0 Å². The number of carbonyl (C=O) groups excluding carboxylic acids is 2. The fraction of sp³-hybridized carbons (Fsp3) is 0.625. The zero-order valence-electron chi connectivity index (χ0n) is 31.7. The molecule has 0 fully saturated rings. The highest BCUT2D eigenvalue weighted by Crippen LogP contribution is 2.29. The van der Waals surface area contributed by atoms with Gasteiger partial charge in [0.25, 0.3) is 5.91 Å². The van der Waals surface area contributed by atoms with E-state index in [-0.39, 0.29) is 42.4 Å². The van der Waals surface area contributed by atoms with Gasteiger partial charge < -0.3 is 10.0 Å². The second-order valence-electron chi connectivity index (χ2n) is 14.3. The van der Waals surface area contributed by atoms with E-state index >= 15 is 0 Å². The Morgan fingerprint density at radius 1 is 1.08 bits per heavy atom. The summed E-state index contributed by atoms with van der Waals surface area (Å²) in [5.74, 6) is 0.0221. The highest BCUT2D eigenvalue weighted by atomic mass is 19.3. The van der Waals surface area contributed by atoms with Crippen molar-refractivity contribution in [3.8, 4) is 0 Å². The van der Waals surface area contributed by atoms with E-state index in [0.717, 1.165) is 60.1 Å². The molecule has 1 aromatic heterocycles. The Hall–Kier alpha value is -3.20. The summed E-state index contributed by atoms with van der Waals surface area (Å²) >= 11 is 0. The molecule has 2 heterocycles. The van der Waals surface area contributed by atoms with E-state index in [0.29, 0.717) is 12.1 Å². The number of aryl methyl sites for hydroxylation is 2. The van der Waals surface area contributed by atoms with Crippen molar-refractivity contribution < 1.29 is 27.9 Å². The van der Waals surface area contributed by atoms with Crippen molar-refractivity contribution in [2.75, 3.05) is 13.2 Å². The van der Waals surface area contributed by atoms with Gasteiger partial charge in [-0.25, -0.2) is 13.5 Å². The number of Topliss-reactive ketones (excluding diaryl/α,β-unsaturated/α-hetero) is 1. The molecule has 0 radical (unpaired) electrons. The molecule has 1 amide bonds. The predicted octanol–water partition coefficient (Wildman–Crippen LogP) is 10.4. The smallest absolute Gasteiger partial charge is 0.254 e. The van der Waals surface area contributed by atoms with Crippen LogP contribution in [0.2, 0.25) is 0 Å². The molecule has 0 spiro atoms. The third-order valence-electron chi connectivity index (χ3n) is 8.93. The first-order chi connectivity index (χ1) is 22.9. The maximum absolute atomic E-state index is 13.1. The summed E-state index contributed by atoms with van der Waals surface area (Å²) in [7, 11) is 0. The molecule has 2 atom stereocenters. The molecule has 0 saturated carbocycles. The fourth-order valence-corrected chi connectivity index (χ4v) is 5.77. The minimum atomic E-state index is -2.11. The van der Waals surface area contributed by atoms with Crippen molar-refractivity contribution in [2.24, 2.45) is 17.8 Å². The van der Waals surface area contributed by atoms with Gasteiger partial charge in [0.2, 0.25) is 6.43 Å². The van der Waals surface area contributed by atoms with Crippen LogP contribution in [0.3, 0.4) is 0 Å². The number of rotatable bonds is 16. The van der Waals surface area contributed by atoms with Gasteiger partial charge in [0.05, 0.1) is 29.7 Å². The van der Waals surface area contributed by atoms with Crippen LogP contribution >= 0.6 is 0 Å². The maximum atomic E-state index is 13.1. The highest BCUT2D eigenvalue weighted by Gasteiger charge is 2.34. The zero-order valence-corrected chi connectivity index (χ0v) is 31.7. The van der Waals surface area contributed by atoms with Crippen molar-refractivity contribution in [1.82, 2.24) is 14.7 Å². The van der Waals surface area contributed by atoms with E-state index in [1.807, 2.05) is 52.1 Å². The fourth-order valence-electron chi connectivity index (χ4n) is 5.77. The summed E-state index contributed by atoms with van der Waals surface area (Å²) in [5, 5.41) is 14.2. The monoisotopic (exact) mass is 689 g/mol. The lowest BCUT2D eigenvalue weighted by atomic mass is 9.92. The first-order valence-electron chi connectivity index (χ1n) is 17.8. The van der Waals surface area contributed by atoms with E-state index in [4.69, 9.17) is 0 Å². The number of allylic oxidation sites excluding steroid dienone is 2. The van der Waals surface area contributed by atoms with Crippen molar-refractivity contribution >= 4 is 17.9 Å². The molecule has 1 aliphatic heterocycles. The zero-order chi connectivity index (χ0) is 37.5. The molecular weight excluding hydrogens is 627 g/mol. The lowest BCUT2D eigenvalue weighted by molar-refractivity contribution is -0.00743. The summed E-state index contributed by atoms with van der Waals surface area (Å²) in [6.07, 6.45) is 10.1. The second-order valence-corrected chi connectivity index (χ2v) is 14.3. The van der Waals surface area contributed by atoms with Crippen LogP contribution in [0.15, 0.2) is 37.1 Å². The SMILES string of the molecule is C=C/C=C\n1ncc(C(=O)C(C)C)c1C(C)C.CCCCC(CCC)CC(F)F.Cc1cc2c(cc1C)C(=O)N(CC(CF)C(C)(C)O)C2.